The summed E-state index contributed by atoms with van der Waals surface area (Å²) in [5.41, 5.74) is 1.17. The summed E-state index contributed by atoms with van der Waals surface area (Å²) in [5.74, 6) is 0. The van der Waals surface area contributed by atoms with Gasteiger partial charge in [-0.15, -0.1) is 5.10 Å². The van der Waals surface area contributed by atoms with E-state index in [-0.39, 0.29) is 0 Å². The molecule has 0 radical (unpaired) electrons. The van der Waals surface area contributed by atoms with Crippen LogP contribution < -0.4 is 0 Å². The Morgan fingerprint density at radius 2 is 2.10 bits per heavy atom. The molecule has 0 aromatic carbocycles. The van der Waals surface area contributed by atoms with Crippen molar-refractivity contribution >= 4 is 0 Å². The fraction of sp³-hybridized carbons (Fsp3) is 0.714. The Kier molecular flexibility index (Phi) is 4.54. The molecule has 0 atom stereocenters. The average molecular weight is 141 g/mol. The van der Waals surface area contributed by atoms with Gasteiger partial charge in [0.05, 0.1) is 11.9 Å². The summed E-state index contributed by atoms with van der Waals surface area (Å²) < 4.78 is 1.78. The second-order valence-corrected chi connectivity index (χ2v) is 1.70. The maximum absolute atomic E-state index is 3.75. The highest BCUT2D eigenvalue weighted by atomic mass is 15.4. The molecule has 1 heterocycles. The van der Waals surface area contributed by atoms with E-state index in [9.17, 15) is 0 Å². The standard InChI is InChI=1S/C5H9N3.C2H6/c1-3-5-4-6-7-8(5)2;1-2/h4H,3H2,1-2H3;1-2H3. The molecule has 1 aromatic rings. The van der Waals surface area contributed by atoms with Crippen molar-refractivity contribution in [2.24, 2.45) is 7.05 Å². The van der Waals surface area contributed by atoms with Crippen LogP contribution in [0.25, 0.3) is 0 Å². The van der Waals surface area contributed by atoms with Gasteiger partial charge in [-0.25, -0.2) is 0 Å². The van der Waals surface area contributed by atoms with E-state index in [1.165, 1.54) is 5.69 Å². The highest BCUT2D eigenvalue weighted by Gasteiger charge is 1.91. The molecule has 0 amide bonds. The van der Waals surface area contributed by atoms with E-state index in [1.54, 1.807) is 10.9 Å². The molecule has 0 aliphatic rings. The molecule has 10 heavy (non-hydrogen) atoms. The lowest BCUT2D eigenvalue weighted by molar-refractivity contribution is 0.682. The van der Waals surface area contributed by atoms with E-state index in [0.29, 0.717) is 0 Å². The van der Waals surface area contributed by atoms with Crippen molar-refractivity contribution in [3.63, 3.8) is 0 Å². The number of nitrogens with zero attached hydrogens (tertiary/aromatic N) is 3. The van der Waals surface area contributed by atoms with Gasteiger partial charge < -0.3 is 0 Å². The van der Waals surface area contributed by atoms with Crippen LogP contribution in [0.4, 0.5) is 0 Å². The van der Waals surface area contributed by atoms with Gasteiger partial charge >= 0.3 is 0 Å². The lowest BCUT2D eigenvalue weighted by atomic mass is 10.4. The van der Waals surface area contributed by atoms with Crippen LogP contribution in [0.5, 0.6) is 0 Å². The summed E-state index contributed by atoms with van der Waals surface area (Å²) in [6.07, 6.45) is 2.78. The second-order valence-electron chi connectivity index (χ2n) is 1.70. The molecule has 3 heteroatoms. The molecule has 0 aliphatic heterocycles. The third kappa shape index (κ3) is 2.17. The van der Waals surface area contributed by atoms with E-state index in [0.717, 1.165) is 6.42 Å². The van der Waals surface area contributed by atoms with Crippen molar-refractivity contribution in [2.45, 2.75) is 27.2 Å². The first-order valence-electron chi connectivity index (χ1n) is 3.68. The summed E-state index contributed by atoms with van der Waals surface area (Å²) in [5, 5.41) is 7.46. The van der Waals surface area contributed by atoms with Gasteiger partial charge in [-0.2, -0.15) is 0 Å². The molecule has 58 valence electrons. The van der Waals surface area contributed by atoms with Crippen molar-refractivity contribution in [3.8, 4) is 0 Å². The van der Waals surface area contributed by atoms with Gasteiger partial charge in [0.15, 0.2) is 0 Å². The fourth-order valence-corrected chi connectivity index (χ4v) is 0.631. The van der Waals surface area contributed by atoms with Crippen LogP contribution in [0.2, 0.25) is 0 Å². The summed E-state index contributed by atoms with van der Waals surface area (Å²) in [7, 11) is 1.89. The van der Waals surface area contributed by atoms with Crippen LogP contribution in [0.15, 0.2) is 6.20 Å². The topological polar surface area (TPSA) is 30.7 Å². The summed E-state index contributed by atoms with van der Waals surface area (Å²) in [4.78, 5) is 0. The highest BCUT2D eigenvalue weighted by Crippen LogP contribution is 1.91. The van der Waals surface area contributed by atoms with Crippen LogP contribution in [-0.2, 0) is 13.5 Å². The molecule has 0 aliphatic carbocycles. The Morgan fingerprint density at radius 3 is 2.30 bits per heavy atom. The number of hydrogen-bond acceptors (Lipinski definition) is 2. The Labute approximate surface area is 62.1 Å². The van der Waals surface area contributed by atoms with Crippen molar-refractivity contribution in [2.75, 3.05) is 0 Å². The minimum absolute atomic E-state index is 1.00. The summed E-state index contributed by atoms with van der Waals surface area (Å²) in [6, 6.07) is 0. The number of rotatable bonds is 1. The fourth-order valence-electron chi connectivity index (χ4n) is 0.631. The molecule has 0 spiro atoms. The normalized spacial score (nSPS) is 8.40. The average Bonchev–Trinajstić information content (AvgIpc) is 2.39. The van der Waals surface area contributed by atoms with Crippen LogP contribution >= 0.6 is 0 Å². The molecule has 0 bridgehead atoms. The van der Waals surface area contributed by atoms with Crippen molar-refractivity contribution in [3.05, 3.63) is 11.9 Å². The van der Waals surface area contributed by atoms with Gasteiger partial charge in [0.2, 0.25) is 0 Å². The maximum Gasteiger partial charge on any atom is 0.0724 e. The SMILES string of the molecule is CC.CCc1cnnn1C. The number of hydrogen-bond donors (Lipinski definition) is 0. The Balaban J connectivity index is 0.000000371. The molecule has 0 saturated carbocycles. The van der Waals surface area contributed by atoms with Gasteiger partial charge in [-0.1, -0.05) is 26.0 Å². The third-order valence-electron chi connectivity index (χ3n) is 1.17. The smallest absolute Gasteiger partial charge is 0.0724 e. The summed E-state index contributed by atoms with van der Waals surface area (Å²) in [6.45, 7) is 6.08. The number of aromatic nitrogens is 3. The zero-order valence-corrected chi connectivity index (χ0v) is 7.13. The Bertz CT molecular complexity index is 169. The maximum atomic E-state index is 3.75. The third-order valence-corrected chi connectivity index (χ3v) is 1.17. The van der Waals surface area contributed by atoms with Crippen molar-refractivity contribution in [1.29, 1.82) is 0 Å². The molecular weight excluding hydrogens is 126 g/mol. The van der Waals surface area contributed by atoms with Crippen LogP contribution in [0.1, 0.15) is 26.5 Å². The van der Waals surface area contributed by atoms with Gasteiger partial charge in [0, 0.05) is 7.05 Å². The van der Waals surface area contributed by atoms with Gasteiger partial charge in [-0.3, -0.25) is 4.68 Å². The minimum atomic E-state index is 1.00. The lowest BCUT2D eigenvalue weighted by Gasteiger charge is -1.90. The molecule has 3 nitrogen and oxygen atoms in total. The highest BCUT2D eigenvalue weighted by molar-refractivity contribution is 4.91. The van der Waals surface area contributed by atoms with E-state index in [1.807, 2.05) is 20.9 Å². The lowest BCUT2D eigenvalue weighted by Crippen LogP contribution is -1.95. The van der Waals surface area contributed by atoms with E-state index in [4.69, 9.17) is 0 Å². The molecule has 1 aromatic heterocycles. The second kappa shape index (κ2) is 4.97. The quantitative estimate of drug-likeness (QED) is 0.592. The summed E-state index contributed by atoms with van der Waals surface area (Å²) >= 11 is 0. The van der Waals surface area contributed by atoms with Gasteiger partial charge in [0.1, 0.15) is 0 Å². The predicted octanol–water partition coefficient (Wildman–Crippen LogP) is 1.40. The molecule has 0 fully saturated rings. The van der Waals surface area contributed by atoms with E-state index < -0.39 is 0 Å². The van der Waals surface area contributed by atoms with Gasteiger partial charge in [-0.05, 0) is 6.42 Å². The zero-order chi connectivity index (χ0) is 7.98. The monoisotopic (exact) mass is 141 g/mol. The first-order valence-corrected chi connectivity index (χ1v) is 3.68. The minimum Gasteiger partial charge on any atom is -0.252 e. The molecular formula is C7H15N3. The molecule has 0 N–H and O–H groups in total. The molecule has 1 rings (SSSR count). The van der Waals surface area contributed by atoms with Crippen molar-refractivity contribution < 1.29 is 0 Å². The largest absolute Gasteiger partial charge is 0.252 e. The Hall–Kier alpha value is -0.860. The van der Waals surface area contributed by atoms with Crippen LogP contribution in [0.3, 0.4) is 0 Å². The molecule has 0 unspecified atom stereocenters. The predicted molar refractivity (Wildman–Crippen MR) is 41.7 cm³/mol. The first-order chi connectivity index (χ1) is 4.84. The first kappa shape index (κ1) is 9.14. The van der Waals surface area contributed by atoms with E-state index >= 15 is 0 Å². The number of aryl methyl sites for hydroxylation is 2. The molecule has 0 saturated heterocycles. The van der Waals surface area contributed by atoms with Gasteiger partial charge in [0.25, 0.3) is 0 Å². The zero-order valence-electron chi connectivity index (χ0n) is 7.13. The van der Waals surface area contributed by atoms with E-state index in [2.05, 4.69) is 17.2 Å². The van der Waals surface area contributed by atoms with Crippen molar-refractivity contribution in [1.82, 2.24) is 15.0 Å². The Morgan fingerprint density at radius 1 is 1.50 bits per heavy atom. The van der Waals surface area contributed by atoms with Crippen LogP contribution in [-0.4, -0.2) is 15.0 Å². The van der Waals surface area contributed by atoms with Crippen LogP contribution in [0, 0.1) is 0 Å².